The van der Waals surface area contributed by atoms with E-state index in [-0.39, 0.29) is 18.9 Å². The summed E-state index contributed by atoms with van der Waals surface area (Å²) in [5.41, 5.74) is 4.88. The van der Waals surface area contributed by atoms with Crippen molar-refractivity contribution in [2.45, 2.75) is 299 Å². The summed E-state index contributed by atoms with van der Waals surface area (Å²) in [4.78, 5) is 0. The van der Waals surface area contributed by atoms with Gasteiger partial charge in [-0.3, -0.25) is 0 Å². The van der Waals surface area contributed by atoms with Crippen molar-refractivity contribution in [2.75, 3.05) is 33.5 Å². The predicted molar refractivity (Wildman–Crippen MR) is 362 cm³/mol. The Morgan fingerprint density at radius 1 is 0.435 bits per heavy atom. The molecule has 0 amide bonds. The second-order valence-corrected chi connectivity index (χ2v) is 123. The normalized spacial score (nSPS) is 15.0. The molecule has 2 saturated heterocycles. The molecular weight excluding hydrogens is 1060 g/mol. The molecule has 0 spiro atoms. The fourth-order valence-corrected chi connectivity index (χ4v) is 204. The number of halogens is 1. The van der Waals surface area contributed by atoms with E-state index in [0.717, 1.165) is 56.6 Å². The molecule has 0 radical (unpaired) electrons. The van der Waals surface area contributed by atoms with E-state index in [1.54, 1.807) is 0 Å². The fraction of sp³-hybridized carbons (Fsp3) is 0.981. The Bertz CT molecular complexity index is 1050. The zero-order chi connectivity index (χ0) is 56.3. The first-order chi connectivity index (χ1) is 30.0. The third-order valence-electron chi connectivity index (χ3n) is 11.9. The molecule has 2 aliphatic rings. The van der Waals surface area contributed by atoms with Gasteiger partial charge in [0.05, 0.1) is 61.9 Å². The fourth-order valence-electron chi connectivity index (χ4n) is 12.1. The van der Waals surface area contributed by atoms with Gasteiger partial charge in [-0.25, -0.2) is 0 Å². The van der Waals surface area contributed by atoms with Crippen molar-refractivity contribution in [2.24, 2.45) is 0 Å². The van der Waals surface area contributed by atoms with Crippen molar-refractivity contribution >= 4 is 101 Å². The van der Waals surface area contributed by atoms with Crippen LogP contribution in [0.2, 0.25) is 171 Å². The molecule has 0 aliphatic carbocycles. The molecule has 0 aromatic heterocycles. The molecular formula is C52H135ClLiO3P3Si9. The van der Waals surface area contributed by atoms with Crippen LogP contribution in [0.1, 0.15) is 129 Å². The summed E-state index contributed by atoms with van der Waals surface area (Å²) in [5, 5.41) is 7.00. The van der Waals surface area contributed by atoms with Gasteiger partial charge in [-0.1, -0.05) is 234 Å². The Balaban J connectivity index is -0.000000136. The molecule has 2 heterocycles. The van der Waals surface area contributed by atoms with Gasteiger partial charge in [0.15, 0.2) is 7.38 Å². The number of hydrogen-bond acceptors (Lipinski definition) is 3. The van der Waals surface area contributed by atoms with Gasteiger partial charge in [0, 0.05) is 33.5 Å². The second-order valence-electron chi connectivity index (χ2n) is 28.3. The third kappa shape index (κ3) is 40.8. The van der Waals surface area contributed by atoms with Crippen LogP contribution in [0.5, 0.6) is 0 Å². The summed E-state index contributed by atoms with van der Waals surface area (Å²) in [6.07, 6.45) is 7.39. The van der Waals surface area contributed by atoms with Gasteiger partial charge in [-0.2, -0.15) is 17.5 Å². The van der Waals surface area contributed by atoms with Crippen LogP contribution in [0.25, 0.3) is 0 Å². The first-order valence-corrected chi connectivity index (χ1v) is 68.2. The van der Waals surface area contributed by atoms with E-state index in [4.69, 9.17) is 25.7 Å². The quantitative estimate of drug-likeness (QED) is 0.0769. The Labute approximate surface area is 470 Å². The van der Waals surface area contributed by atoms with E-state index < -0.39 is 69.3 Å². The molecule has 0 saturated carbocycles. The molecule has 3 nitrogen and oxygen atoms in total. The molecule has 0 unspecified atom stereocenters. The number of ether oxygens (including phenoxy) is 2. The van der Waals surface area contributed by atoms with E-state index in [1.165, 1.54) is 39.8 Å². The maximum absolute atomic E-state index is 7.00. The molecule has 0 bridgehead atoms. The molecule has 0 atom stereocenters. The summed E-state index contributed by atoms with van der Waals surface area (Å²) in [7, 11) is -6.55. The average molecular weight is 1200 g/mol. The van der Waals surface area contributed by atoms with Crippen LogP contribution in [-0.2, 0) is 9.47 Å². The van der Waals surface area contributed by atoms with Gasteiger partial charge in [-0.05, 0) is 58.9 Å². The molecule has 17 heteroatoms. The summed E-state index contributed by atoms with van der Waals surface area (Å²) in [6.45, 7) is 93.6. The smallest absolute Gasteiger partial charge is 0.400 e. The van der Waals surface area contributed by atoms with Gasteiger partial charge < -0.3 is 21.5 Å². The predicted octanol–water partition coefficient (Wildman–Crippen LogP) is 19.8. The summed E-state index contributed by atoms with van der Waals surface area (Å²) < 4.78 is 9.89. The summed E-state index contributed by atoms with van der Waals surface area (Å²) in [6, 6.07) is 0. The number of unbranched alkanes of at least 4 members (excludes halogenated alkanes) is 1. The Morgan fingerprint density at radius 2 is 0.623 bits per heavy atom. The number of hydrogen-bond donors (Lipinski definition) is 1. The zero-order valence-electron chi connectivity index (χ0n) is 54.8. The van der Waals surface area contributed by atoms with Crippen molar-refractivity contribution in [3.8, 4) is 0 Å². The molecule has 1 N–H and O–H groups in total. The molecule has 2 aliphatic heterocycles. The molecule has 2 fully saturated rings. The minimum absolute atomic E-state index is 0. The van der Waals surface area contributed by atoms with Gasteiger partial charge in [0.1, 0.15) is 0 Å². The maximum atomic E-state index is 7.00. The van der Waals surface area contributed by atoms with Crippen LogP contribution < -0.4 is 18.9 Å². The van der Waals surface area contributed by atoms with Crippen LogP contribution in [0.15, 0.2) is 0 Å². The van der Waals surface area contributed by atoms with E-state index in [0.29, 0.717) is 29.8 Å². The van der Waals surface area contributed by atoms with Crippen LogP contribution >= 0.6 is 31.9 Å². The SMILES string of the molecule is C1CCOC1.C1CCOC1.CC(C)[Si](C(C)C)(C(C)C)P([Si](C)(C)C)[Si](C)(C)C.CC(C)[Si](Cl)(C(C)C)C(C)C.CO.C[Si](C)(C)P([Si](C)(C)C)[Si](C)(C)C.C[Si](C)(C)P[Si](C)(C)C.[CH2-]CCC.[Li+]. The minimum atomic E-state index is -1.51. The summed E-state index contributed by atoms with van der Waals surface area (Å²) in [5.74, 6) is 0. The van der Waals surface area contributed by atoms with Crippen LogP contribution in [0, 0.1) is 6.92 Å². The van der Waals surface area contributed by atoms with Crippen molar-refractivity contribution in [3.05, 3.63) is 6.92 Å². The first kappa shape index (κ1) is 86.9. The Hall–Kier alpha value is 4.01. The third-order valence-corrected chi connectivity index (χ3v) is 148. The van der Waals surface area contributed by atoms with E-state index in [1.807, 2.05) is 0 Å². The minimum Gasteiger partial charge on any atom is -0.400 e. The van der Waals surface area contributed by atoms with Crippen molar-refractivity contribution < 1.29 is 33.4 Å². The van der Waals surface area contributed by atoms with Gasteiger partial charge in [-0.15, -0.1) is 20.8 Å². The molecule has 0 aromatic carbocycles. The number of rotatable bonds is 15. The summed E-state index contributed by atoms with van der Waals surface area (Å²) >= 11 is 6.68. The second kappa shape index (κ2) is 40.2. The number of aliphatic hydroxyl groups is 1. The average Bonchev–Trinajstić information content (AvgIpc) is 3.87. The first-order valence-electron chi connectivity index (χ1n) is 27.5. The molecule has 69 heavy (non-hydrogen) atoms. The largest absolute Gasteiger partial charge is 1.00 e. The van der Waals surface area contributed by atoms with E-state index in [9.17, 15) is 0 Å². The Kier molecular flexibility index (Phi) is 50.7. The molecule has 420 valence electrons. The topological polar surface area (TPSA) is 38.7 Å². The van der Waals surface area contributed by atoms with Gasteiger partial charge in [0.2, 0.25) is 0 Å². The maximum Gasteiger partial charge on any atom is 1.00 e. The molecule has 0 aromatic rings. The van der Waals surface area contributed by atoms with Crippen molar-refractivity contribution in [1.82, 2.24) is 0 Å². The van der Waals surface area contributed by atoms with Crippen LogP contribution in [0.3, 0.4) is 0 Å². The standard InChI is InChI=1S/C15H39PSi3.C9H21ClSi.C9H27PSi3.C6H19PSi2.2C4H8O.C4H9.CH4O.Li/c1-13(2)19(14(3)4,15(5)6)16(17(7,8)9)18(10,11)12;1-7(2)11(10,8(3)4)9(5)6;1-11(2,3)10(12(4,5)6)13(7,8)9;1-8(2,3)7-9(4,5)6;2*1-2-4-5-3-1;1-3-4-2;1-2;/h13-15H,1-12H3;7-9H,1-6H3;1-9H3;7H,1-6H3;2*1-4H2;1,3-4H2,2H3;2H,1H3;/q;;;;;;-1;;+1. The van der Waals surface area contributed by atoms with Gasteiger partial charge >= 0.3 is 18.9 Å². The Morgan fingerprint density at radius 3 is 0.652 bits per heavy atom. The monoisotopic (exact) mass is 1190 g/mol. The van der Waals surface area contributed by atoms with E-state index in [2.05, 4.69) is 234 Å². The van der Waals surface area contributed by atoms with Crippen molar-refractivity contribution in [1.29, 1.82) is 0 Å². The van der Waals surface area contributed by atoms with Crippen LogP contribution in [-0.4, -0.2) is 108 Å². The molecule has 2 rings (SSSR count). The van der Waals surface area contributed by atoms with Crippen LogP contribution in [0.4, 0.5) is 0 Å². The number of aliphatic hydroxyl groups excluding tert-OH is 1. The van der Waals surface area contributed by atoms with Crippen molar-refractivity contribution in [3.63, 3.8) is 0 Å². The zero-order valence-corrected chi connectivity index (χ0v) is 67.3. The van der Waals surface area contributed by atoms with Gasteiger partial charge in [0.25, 0.3) is 0 Å². The van der Waals surface area contributed by atoms with E-state index >= 15 is 0 Å².